The predicted molar refractivity (Wildman–Crippen MR) is 103 cm³/mol. The molecule has 2 aromatic rings. The second-order valence-corrected chi connectivity index (χ2v) is 6.51. The van der Waals surface area contributed by atoms with Gasteiger partial charge in [-0.2, -0.15) is 0 Å². The van der Waals surface area contributed by atoms with E-state index in [1.807, 2.05) is 4.90 Å². The molecule has 1 heterocycles. The lowest BCUT2D eigenvalue weighted by molar-refractivity contribution is -0.123. The number of nitrogens with zero attached hydrogens (tertiary/aromatic N) is 1. The van der Waals surface area contributed by atoms with Gasteiger partial charge in [-0.1, -0.05) is 24.3 Å². The summed E-state index contributed by atoms with van der Waals surface area (Å²) in [5, 5.41) is 5.40. The molecule has 2 aromatic carbocycles. The Hall–Kier alpha value is -2.97. The van der Waals surface area contributed by atoms with Crippen molar-refractivity contribution in [2.45, 2.75) is 12.6 Å². The lowest BCUT2D eigenvalue weighted by Crippen LogP contribution is -2.43. The Morgan fingerprint density at radius 2 is 1.86 bits per heavy atom. The fourth-order valence-corrected chi connectivity index (χ4v) is 3.15. The van der Waals surface area contributed by atoms with Crippen LogP contribution in [0.3, 0.4) is 0 Å². The molecular weight excluding hydrogens is 363 g/mol. The molecule has 0 spiro atoms. The summed E-state index contributed by atoms with van der Waals surface area (Å²) in [4.78, 5) is 25.8. The van der Waals surface area contributed by atoms with E-state index in [1.165, 1.54) is 12.1 Å². The average Bonchev–Trinajstić information content (AvgIpc) is 2.68. The Morgan fingerprint density at radius 1 is 1.14 bits per heavy atom. The van der Waals surface area contributed by atoms with E-state index >= 15 is 0 Å². The van der Waals surface area contributed by atoms with Crippen LogP contribution in [0.25, 0.3) is 0 Å². The first kappa shape index (κ1) is 19.8. The van der Waals surface area contributed by atoms with Crippen LogP contribution in [-0.4, -0.2) is 43.1 Å². The molecule has 1 aliphatic rings. The van der Waals surface area contributed by atoms with Crippen molar-refractivity contribution in [2.24, 2.45) is 5.73 Å². The number of anilines is 1. The zero-order chi connectivity index (χ0) is 19.9. The zero-order valence-corrected chi connectivity index (χ0v) is 15.4. The molecule has 1 aliphatic heterocycles. The standard InChI is InChI=1S/C20H23FN4O3/c21-16-3-1-2-15(12-16)18(25-8-10-28-11-9-25)19(26)24-17-6-4-14(5-7-17)13-23-20(22)27/h1-7,12,18H,8-11,13H2,(H,24,26)(H3,22,23,27)/t18-/m0/s1. The third-order valence-electron chi connectivity index (χ3n) is 4.51. The minimum atomic E-state index is -0.615. The summed E-state index contributed by atoms with van der Waals surface area (Å²) in [6, 6.07) is 12.0. The largest absolute Gasteiger partial charge is 0.379 e. The van der Waals surface area contributed by atoms with Crippen molar-refractivity contribution < 1.29 is 18.7 Å². The maximum absolute atomic E-state index is 13.7. The number of primary amides is 1. The Balaban J connectivity index is 1.74. The smallest absolute Gasteiger partial charge is 0.312 e. The maximum atomic E-state index is 13.7. The minimum absolute atomic E-state index is 0.240. The molecule has 0 radical (unpaired) electrons. The van der Waals surface area contributed by atoms with Gasteiger partial charge in [0.25, 0.3) is 0 Å². The van der Waals surface area contributed by atoms with E-state index in [4.69, 9.17) is 10.5 Å². The second-order valence-electron chi connectivity index (χ2n) is 6.51. The van der Waals surface area contributed by atoms with Crippen LogP contribution < -0.4 is 16.4 Å². The molecule has 0 aromatic heterocycles. The third kappa shape index (κ3) is 5.28. The highest BCUT2D eigenvalue weighted by Gasteiger charge is 2.29. The van der Waals surface area contributed by atoms with Gasteiger partial charge in [-0.3, -0.25) is 9.69 Å². The number of ether oxygens (including phenoxy) is 1. The van der Waals surface area contributed by atoms with Crippen LogP contribution in [0.5, 0.6) is 0 Å². The molecule has 1 saturated heterocycles. The quantitative estimate of drug-likeness (QED) is 0.708. The fourth-order valence-electron chi connectivity index (χ4n) is 3.15. The Morgan fingerprint density at radius 3 is 2.50 bits per heavy atom. The Kier molecular flexibility index (Phi) is 6.57. The van der Waals surface area contributed by atoms with E-state index in [9.17, 15) is 14.0 Å². The summed E-state index contributed by atoms with van der Waals surface area (Å²) < 4.78 is 19.1. The zero-order valence-electron chi connectivity index (χ0n) is 15.4. The fraction of sp³-hybridized carbons (Fsp3) is 0.300. The summed E-state index contributed by atoms with van der Waals surface area (Å²) >= 11 is 0. The number of urea groups is 1. The minimum Gasteiger partial charge on any atom is -0.379 e. The number of morpholine rings is 1. The van der Waals surface area contributed by atoms with Gasteiger partial charge in [-0.25, -0.2) is 9.18 Å². The van der Waals surface area contributed by atoms with Crippen LogP contribution in [-0.2, 0) is 16.1 Å². The van der Waals surface area contributed by atoms with Crippen LogP contribution in [0, 0.1) is 5.82 Å². The van der Waals surface area contributed by atoms with Gasteiger partial charge in [0, 0.05) is 25.3 Å². The molecule has 4 N–H and O–H groups in total. The highest BCUT2D eigenvalue weighted by Crippen LogP contribution is 2.24. The van der Waals surface area contributed by atoms with Crippen molar-refractivity contribution in [3.05, 3.63) is 65.5 Å². The number of nitrogens with two attached hydrogens (primary N) is 1. The molecule has 0 aliphatic carbocycles. The molecule has 28 heavy (non-hydrogen) atoms. The van der Waals surface area contributed by atoms with Crippen molar-refractivity contribution in [2.75, 3.05) is 31.6 Å². The summed E-state index contributed by atoms with van der Waals surface area (Å²) in [6.45, 7) is 2.54. The summed E-state index contributed by atoms with van der Waals surface area (Å²) in [5.41, 5.74) is 7.12. The highest BCUT2D eigenvalue weighted by molar-refractivity contribution is 5.95. The number of hydrogen-bond donors (Lipinski definition) is 3. The van der Waals surface area contributed by atoms with Gasteiger partial charge in [-0.05, 0) is 35.4 Å². The normalized spacial score (nSPS) is 15.6. The van der Waals surface area contributed by atoms with E-state index in [2.05, 4.69) is 10.6 Å². The second kappa shape index (κ2) is 9.29. The van der Waals surface area contributed by atoms with Crippen LogP contribution in [0.15, 0.2) is 48.5 Å². The van der Waals surface area contributed by atoms with Crippen LogP contribution in [0.4, 0.5) is 14.9 Å². The predicted octanol–water partition coefficient (Wildman–Crippen LogP) is 2.01. The summed E-state index contributed by atoms with van der Waals surface area (Å²) in [7, 11) is 0. The molecule has 0 saturated carbocycles. The first-order valence-electron chi connectivity index (χ1n) is 9.03. The van der Waals surface area contributed by atoms with Crippen LogP contribution >= 0.6 is 0 Å². The summed E-state index contributed by atoms with van der Waals surface area (Å²) in [6.07, 6.45) is 0. The number of carbonyl (C=O) groups is 2. The van der Waals surface area contributed by atoms with Gasteiger partial charge in [0.2, 0.25) is 5.91 Å². The molecule has 7 nitrogen and oxygen atoms in total. The average molecular weight is 386 g/mol. The van der Waals surface area contributed by atoms with Crippen LogP contribution in [0.1, 0.15) is 17.2 Å². The van der Waals surface area contributed by atoms with Crippen molar-refractivity contribution in [3.63, 3.8) is 0 Å². The number of halogens is 1. The first-order chi connectivity index (χ1) is 13.5. The topological polar surface area (TPSA) is 96.7 Å². The van der Waals surface area contributed by atoms with Crippen molar-refractivity contribution in [1.82, 2.24) is 10.2 Å². The van der Waals surface area contributed by atoms with E-state index in [0.29, 0.717) is 44.1 Å². The van der Waals surface area contributed by atoms with Gasteiger partial charge in [-0.15, -0.1) is 0 Å². The number of hydrogen-bond acceptors (Lipinski definition) is 4. The van der Waals surface area contributed by atoms with Gasteiger partial charge < -0.3 is 21.1 Å². The van der Waals surface area contributed by atoms with E-state index in [0.717, 1.165) is 5.56 Å². The number of nitrogens with one attached hydrogen (secondary N) is 2. The molecule has 3 rings (SSSR count). The van der Waals surface area contributed by atoms with Gasteiger partial charge in [0.1, 0.15) is 11.9 Å². The molecule has 8 heteroatoms. The van der Waals surface area contributed by atoms with Crippen LogP contribution in [0.2, 0.25) is 0 Å². The monoisotopic (exact) mass is 386 g/mol. The number of amides is 3. The highest BCUT2D eigenvalue weighted by atomic mass is 19.1. The van der Waals surface area contributed by atoms with E-state index < -0.39 is 12.1 Å². The lowest BCUT2D eigenvalue weighted by Gasteiger charge is -2.33. The molecule has 0 unspecified atom stereocenters. The van der Waals surface area contributed by atoms with Crippen molar-refractivity contribution >= 4 is 17.6 Å². The Bertz CT molecular complexity index is 822. The third-order valence-corrected chi connectivity index (χ3v) is 4.51. The molecule has 3 amide bonds. The number of carbonyl (C=O) groups excluding carboxylic acids is 2. The van der Waals surface area contributed by atoms with Crippen molar-refractivity contribution in [1.29, 1.82) is 0 Å². The molecule has 0 bridgehead atoms. The summed E-state index contributed by atoms with van der Waals surface area (Å²) in [5.74, 6) is -0.620. The SMILES string of the molecule is NC(=O)NCc1ccc(NC(=O)[C@H](c2cccc(F)c2)N2CCOCC2)cc1. The first-order valence-corrected chi connectivity index (χ1v) is 9.03. The van der Waals surface area contributed by atoms with E-state index in [1.54, 1.807) is 36.4 Å². The maximum Gasteiger partial charge on any atom is 0.312 e. The van der Waals surface area contributed by atoms with E-state index in [-0.39, 0.29) is 11.7 Å². The van der Waals surface area contributed by atoms with Gasteiger partial charge in [0.15, 0.2) is 0 Å². The molecule has 1 fully saturated rings. The molecule has 148 valence electrons. The number of benzene rings is 2. The number of rotatable bonds is 6. The Labute approximate surface area is 162 Å². The van der Waals surface area contributed by atoms with Crippen molar-refractivity contribution in [3.8, 4) is 0 Å². The van der Waals surface area contributed by atoms with Gasteiger partial charge in [0.05, 0.1) is 13.2 Å². The lowest BCUT2D eigenvalue weighted by atomic mass is 10.0. The molecular formula is C20H23FN4O3. The van der Waals surface area contributed by atoms with Gasteiger partial charge >= 0.3 is 6.03 Å². The molecule has 1 atom stereocenters.